The van der Waals surface area contributed by atoms with Crippen LogP contribution >= 0.6 is 0 Å². The molecule has 1 spiro atoms. The Hall–Kier alpha value is -0.120. The van der Waals surface area contributed by atoms with E-state index in [0.29, 0.717) is 5.41 Å². The second-order valence-electron chi connectivity index (χ2n) is 6.41. The molecule has 3 saturated heterocycles. The Morgan fingerprint density at radius 2 is 1.62 bits per heavy atom. The van der Waals surface area contributed by atoms with Crippen LogP contribution in [0.1, 0.15) is 19.3 Å². The fraction of sp³-hybridized carbons (Fsp3) is 1.00. The van der Waals surface area contributed by atoms with Gasteiger partial charge in [-0.1, -0.05) is 0 Å². The van der Waals surface area contributed by atoms with Gasteiger partial charge < -0.3 is 9.80 Å². The third-order valence-corrected chi connectivity index (χ3v) is 5.01. The predicted molar refractivity (Wildman–Crippen MR) is 66.6 cm³/mol. The zero-order chi connectivity index (χ0) is 11.2. The molecule has 3 fully saturated rings. The van der Waals surface area contributed by atoms with E-state index in [0.717, 1.165) is 6.04 Å². The van der Waals surface area contributed by atoms with Gasteiger partial charge in [-0.3, -0.25) is 4.90 Å². The lowest BCUT2D eigenvalue weighted by Gasteiger charge is -2.55. The first-order valence-corrected chi connectivity index (χ1v) is 6.78. The van der Waals surface area contributed by atoms with E-state index in [9.17, 15) is 0 Å². The Balaban J connectivity index is 1.50. The van der Waals surface area contributed by atoms with E-state index in [4.69, 9.17) is 0 Å². The average Bonchev–Trinajstić information content (AvgIpc) is 2.63. The molecule has 0 radical (unpaired) electrons. The number of likely N-dealkylation sites (tertiary alicyclic amines) is 3. The molecule has 3 aliphatic rings. The molecule has 16 heavy (non-hydrogen) atoms. The molecule has 0 saturated carbocycles. The van der Waals surface area contributed by atoms with E-state index in [1.807, 2.05) is 0 Å². The van der Waals surface area contributed by atoms with E-state index in [2.05, 4.69) is 28.8 Å². The molecule has 0 aliphatic carbocycles. The minimum Gasteiger partial charge on any atom is -0.306 e. The van der Waals surface area contributed by atoms with Gasteiger partial charge in [0.15, 0.2) is 0 Å². The van der Waals surface area contributed by atoms with Gasteiger partial charge in [0, 0.05) is 25.7 Å². The van der Waals surface area contributed by atoms with Gasteiger partial charge in [0.1, 0.15) is 0 Å². The summed E-state index contributed by atoms with van der Waals surface area (Å²) in [4.78, 5) is 7.70. The highest BCUT2D eigenvalue weighted by Crippen LogP contribution is 2.41. The molecule has 0 aromatic heterocycles. The summed E-state index contributed by atoms with van der Waals surface area (Å²) < 4.78 is 0. The van der Waals surface area contributed by atoms with Crippen LogP contribution in [0.15, 0.2) is 0 Å². The van der Waals surface area contributed by atoms with Crippen molar-refractivity contribution in [2.24, 2.45) is 5.41 Å². The van der Waals surface area contributed by atoms with Crippen LogP contribution in [-0.4, -0.2) is 74.1 Å². The minimum atomic E-state index is 0.716. The van der Waals surface area contributed by atoms with Crippen molar-refractivity contribution in [1.29, 1.82) is 0 Å². The SMILES string of the molecule is CN1CCC2(CC1)CN(C1CCN(C)C1)C2. The highest BCUT2D eigenvalue weighted by molar-refractivity contribution is 5.01. The normalized spacial score (nSPS) is 36.8. The predicted octanol–water partition coefficient (Wildman–Crippen LogP) is 0.718. The Kier molecular flexibility index (Phi) is 2.73. The van der Waals surface area contributed by atoms with Crippen molar-refractivity contribution in [3.05, 3.63) is 0 Å². The molecule has 1 atom stereocenters. The van der Waals surface area contributed by atoms with Crippen molar-refractivity contribution in [1.82, 2.24) is 14.7 Å². The molecule has 0 amide bonds. The molecular formula is C13H25N3. The van der Waals surface area contributed by atoms with E-state index < -0.39 is 0 Å². The lowest BCUT2D eigenvalue weighted by Crippen LogP contribution is -2.63. The molecule has 0 N–H and O–H groups in total. The van der Waals surface area contributed by atoms with Crippen LogP contribution < -0.4 is 0 Å². The topological polar surface area (TPSA) is 9.72 Å². The Bertz CT molecular complexity index is 250. The summed E-state index contributed by atoms with van der Waals surface area (Å²) >= 11 is 0. The van der Waals surface area contributed by atoms with Crippen LogP contribution in [0.3, 0.4) is 0 Å². The van der Waals surface area contributed by atoms with Crippen molar-refractivity contribution >= 4 is 0 Å². The van der Waals surface area contributed by atoms with Gasteiger partial charge in [-0.15, -0.1) is 0 Å². The molecule has 3 heteroatoms. The molecule has 92 valence electrons. The summed E-state index contributed by atoms with van der Waals surface area (Å²) in [6, 6.07) is 0.871. The first-order chi connectivity index (χ1) is 7.67. The van der Waals surface area contributed by atoms with E-state index >= 15 is 0 Å². The third-order valence-electron chi connectivity index (χ3n) is 5.01. The number of piperidine rings is 1. The summed E-state index contributed by atoms with van der Waals surface area (Å²) in [6.07, 6.45) is 4.26. The Morgan fingerprint density at radius 3 is 2.19 bits per heavy atom. The zero-order valence-corrected chi connectivity index (χ0v) is 10.8. The van der Waals surface area contributed by atoms with E-state index in [1.54, 1.807) is 0 Å². The standard InChI is InChI=1S/C13H25N3/c1-14-7-4-13(5-8-14)10-16(11-13)12-3-6-15(2)9-12/h12H,3-11H2,1-2H3. The smallest absolute Gasteiger partial charge is 0.0235 e. The van der Waals surface area contributed by atoms with E-state index in [1.165, 1.54) is 58.5 Å². The lowest BCUT2D eigenvalue weighted by molar-refractivity contribution is -0.0633. The third kappa shape index (κ3) is 1.89. The molecule has 0 aromatic rings. The van der Waals surface area contributed by atoms with Crippen molar-refractivity contribution in [3.63, 3.8) is 0 Å². The highest BCUT2D eigenvalue weighted by Gasteiger charge is 2.47. The van der Waals surface area contributed by atoms with Crippen LogP contribution in [-0.2, 0) is 0 Å². The molecule has 1 unspecified atom stereocenters. The molecule has 0 bridgehead atoms. The fourth-order valence-corrected chi connectivity index (χ4v) is 3.69. The number of nitrogens with zero attached hydrogens (tertiary/aromatic N) is 3. The average molecular weight is 223 g/mol. The van der Waals surface area contributed by atoms with Crippen LogP contribution in [0.4, 0.5) is 0 Å². The van der Waals surface area contributed by atoms with Gasteiger partial charge in [-0.25, -0.2) is 0 Å². The van der Waals surface area contributed by atoms with Crippen LogP contribution in [0.25, 0.3) is 0 Å². The summed E-state index contributed by atoms with van der Waals surface area (Å²) in [5.41, 5.74) is 0.716. The number of likely N-dealkylation sites (N-methyl/N-ethyl adjacent to an activating group) is 1. The summed E-state index contributed by atoms with van der Waals surface area (Å²) in [7, 11) is 4.51. The maximum absolute atomic E-state index is 2.74. The van der Waals surface area contributed by atoms with Crippen molar-refractivity contribution in [2.45, 2.75) is 25.3 Å². The maximum Gasteiger partial charge on any atom is 0.0235 e. The van der Waals surface area contributed by atoms with Gasteiger partial charge in [-0.2, -0.15) is 0 Å². The summed E-state index contributed by atoms with van der Waals surface area (Å²) in [5, 5.41) is 0. The number of hydrogen-bond acceptors (Lipinski definition) is 3. The summed E-state index contributed by atoms with van der Waals surface area (Å²) in [5.74, 6) is 0. The lowest BCUT2D eigenvalue weighted by atomic mass is 9.71. The number of rotatable bonds is 1. The van der Waals surface area contributed by atoms with Gasteiger partial charge in [0.2, 0.25) is 0 Å². The largest absolute Gasteiger partial charge is 0.306 e. The van der Waals surface area contributed by atoms with Gasteiger partial charge >= 0.3 is 0 Å². The first-order valence-electron chi connectivity index (χ1n) is 6.78. The minimum absolute atomic E-state index is 0.716. The first kappa shape index (κ1) is 11.0. The Morgan fingerprint density at radius 1 is 0.938 bits per heavy atom. The monoisotopic (exact) mass is 223 g/mol. The van der Waals surface area contributed by atoms with Crippen molar-refractivity contribution < 1.29 is 0 Å². The molecule has 3 nitrogen and oxygen atoms in total. The maximum atomic E-state index is 2.74. The molecule has 0 aromatic carbocycles. The molecule has 3 aliphatic heterocycles. The van der Waals surface area contributed by atoms with E-state index in [-0.39, 0.29) is 0 Å². The quantitative estimate of drug-likeness (QED) is 0.648. The fourth-order valence-electron chi connectivity index (χ4n) is 3.69. The second-order valence-corrected chi connectivity index (χ2v) is 6.41. The van der Waals surface area contributed by atoms with Crippen molar-refractivity contribution in [3.8, 4) is 0 Å². The van der Waals surface area contributed by atoms with Gasteiger partial charge in [-0.05, 0) is 58.4 Å². The Labute approximate surface area is 99.4 Å². The highest BCUT2D eigenvalue weighted by atomic mass is 15.3. The molecular weight excluding hydrogens is 198 g/mol. The van der Waals surface area contributed by atoms with Crippen molar-refractivity contribution in [2.75, 3.05) is 53.4 Å². The second kappa shape index (κ2) is 3.97. The molecule has 3 rings (SSSR count). The van der Waals surface area contributed by atoms with Gasteiger partial charge in [0.25, 0.3) is 0 Å². The van der Waals surface area contributed by atoms with Gasteiger partial charge in [0.05, 0.1) is 0 Å². The number of hydrogen-bond donors (Lipinski definition) is 0. The zero-order valence-electron chi connectivity index (χ0n) is 10.8. The van der Waals surface area contributed by atoms with Crippen LogP contribution in [0.2, 0.25) is 0 Å². The van der Waals surface area contributed by atoms with Crippen LogP contribution in [0.5, 0.6) is 0 Å². The molecule has 3 heterocycles. The summed E-state index contributed by atoms with van der Waals surface area (Å²) in [6.45, 7) is 8.02. The van der Waals surface area contributed by atoms with Crippen LogP contribution in [0, 0.1) is 5.41 Å².